The molecule has 1 aromatic carbocycles. The van der Waals surface area contributed by atoms with Gasteiger partial charge in [0.15, 0.2) is 0 Å². The van der Waals surface area contributed by atoms with E-state index in [0.717, 1.165) is 25.9 Å². The standard InChI is InChI=1S/C12H16BrNO3S/c13-11-5-1-2-6-12(11)18(15,16)14-8-7-10-4-3-9-17-10/h1-2,5-6,10,14H,3-4,7-9H2/t10-/m1/s1. The van der Waals surface area contributed by atoms with Crippen LogP contribution in [0.15, 0.2) is 33.6 Å². The first-order valence-electron chi connectivity index (χ1n) is 5.95. The van der Waals surface area contributed by atoms with Gasteiger partial charge in [0.1, 0.15) is 0 Å². The van der Waals surface area contributed by atoms with Gasteiger partial charge in [0.25, 0.3) is 0 Å². The van der Waals surface area contributed by atoms with Gasteiger partial charge in [0.2, 0.25) is 10.0 Å². The maximum absolute atomic E-state index is 12.0. The predicted molar refractivity (Wildman–Crippen MR) is 72.9 cm³/mol. The molecule has 0 saturated carbocycles. The van der Waals surface area contributed by atoms with Crippen LogP contribution in [-0.4, -0.2) is 27.7 Å². The number of rotatable bonds is 5. The maximum Gasteiger partial charge on any atom is 0.241 e. The van der Waals surface area contributed by atoms with Crippen LogP contribution in [0, 0.1) is 0 Å². The van der Waals surface area contributed by atoms with Crippen molar-refractivity contribution in [2.45, 2.75) is 30.3 Å². The first-order valence-corrected chi connectivity index (χ1v) is 8.23. The molecule has 1 N–H and O–H groups in total. The average Bonchev–Trinajstić information content (AvgIpc) is 2.82. The van der Waals surface area contributed by atoms with E-state index in [9.17, 15) is 8.42 Å². The Balaban J connectivity index is 1.93. The monoisotopic (exact) mass is 333 g/mol. The topological polar surface area (TPSA) is 55.4 Å². The van der Waals surface area contributed by atoms with Crippen LogP contribution in [0.1, 0.15) is 19.3 Å². The first kappa shape index (κ1) is 14.0. The first-order chi connectivity index (χ1) is 8.59. The van der Waals surface area contributed by atoms with E-state index >= 15 is 0 Å². The number of halogens is 1. The van der Waals surface area contributed by atoms with Crippen molar-refractivity contribution in [2.75, 3.05) is 13.2 Å². The summed E-state index contributed by atoms with van der Waals surface area (Å²) in [5.74, 6) is 0. The van der Waals surface area contributed by atoms with Gasteiger partial charge in [0.05, 0.1) is 11.0 Å². The SMILES string of the molecule is O=S(=O)(NCC[C@H]1CCCO1)c1ccccc1Br. The third kappa shape index (κ3) is 3.54. The molecule has 1 saturated heterocycles. The molecule has 1 aliphatic heterocycles. The molecule has 0 amide bonds. The number of nitrogens with one attached hydrogen (secondary N) is 1. The molecule has 0 aromatic heterocycles. The predicted octanol–water partition coefficient (Wildman–Crippen LogP) is 2.30. The van der Waals surface area contributed by atoms with Crippen molar-refractivity contribution in [1.29, 1.82) is 0 Å². The van der Waals surface area contributed by atoms with E-state index in [1.807, 2.05) is 0 Å². The maximum atomic E-state index is 12.0. The Kier molecular flexibility index (Phi) is 4.77. The Morgan fingerprint density at radius 3 is 2.83 bits per heavy atom. The van der Waals surface area contributed by atoms with Crippen molar-refractivity contribution in [2.24, 2.45) is 0 Å². The van der Waals surface area contributed by atoms with E-state index in [-0.39, 0.29) is 11.0 Å². The van der Waals surface area contributed by atoms with Crippen molar-refractivity contribution >= 4 is 26.0 Å². The molecule has 0 bridgehead atoms. The second kappa shape index (κ2) is 6.14. The van der Waals surface area contributed by atoms with Crippen LogP contribution < -0.4 is 4.72 Å². The lowest BCUT2D eigenvalue weighted by atomic mass is 10.2. The van der Waals surface area contributed by atoms with Crippen LogP contribution in [0.4, 0.5) is 0 Å². The molecule has 1 aromatic rings. The third-order valence-electron chi connectivity index (χ3n) is 2.91. The summed E-state index contributed by atoms with van der Waals surface area (Å²) in [6.07, 6.45) is 3.02. The Bertz CT molecular complexity index is 498. The second-order valence-corrected chi connectivity index (χ2v) is 6.84. The van der Waals surface area contributed by atoms with Crippen molar-refractivity contribution in [3.63, 3.8) is 0 Å². The number of benzene rings is 1. The van der Waals surface area contributed by atoms with Gasteiger partial charge in [-0.2, -0.15) is 0 Å². The lowest BCUT2D eigenvalue weighted by Crippen LogP contribution is -2.27. The van der Waals surface area contributed by atoms with Crippen molar-refractivity contribution in [3.05, 3.63) is 28.7 Å². The van der Waals surface area contributed by atoms with Gasteiger partial charge in [-0.3, -0.25) is 0 Å². The molecular formula is C12H16BrNO3S. The highest BCUT2D eigenvalue weighted by molar-refractivity contribution is 9.10. The molecule has 0 spiro atoms. The van der Waals surface area contributed by atoms with Gasteiger partial charge in [0, 0.05) is 17.6 Å². The summed E-state index contributed by atoms with van der Waals surface area (Å²) in [7, 11) is -3.44. The van der Waals surface area contributed by atoms with Gasteiger partial charge >= 0.3 is 0 Å². The number of hydrogen-bond donors (Lipinski definition) is 1. The van der Waals surface area contributed by atoms with Crippen LogP contribution in [0.2, 0.25) is 0 Å². The molecule has 18 heavy (non-hydrogen) atoms. The van der Waals surface area contributed by atoms with Crippen LogP contribution >= 0.6 is 15.9 Å². The normalized spacial score (nSPS) is 20.2. The van der Waals surface area contributed by atoms with E-state index in [0.29, 0.717) is 11.0 Å². The summed E-state index contributed by atoms with van der Waals surface area (Å²) < 4.78 is 32.7. The molecule has 4 nitrogen and oxygen atoms in total. The smallest absolute Gasteiger partial charge is 0.241 e. The zero-order valence-electron chi connectivity index (χ0n) is 9.93. The minimum absolute atomic E-state index is 0.201. The van der Waals surface area contributed by atoms with E-state index in [4.69, 9.17) is 4.74 Å². The summed E-state index contributed by atoms with van der Waals surface area (Å²) in [6, 6.07) is 6.79. The molecule has 1 atom stereocenters. The van der Waals surface area contributed by atoms with E-state index in [1.165, 1.54) is 0 Å². The molecule has 1 aliphatic rings. The molecule has 2 rings (SSSR count). The van der Waals surface area contributed by atoms with E-state index in [2.05, 4.69) is 20.7 Å². The summed E-state index contributed by atoms with van der Waals surface area (Å²) in [4.78, 5) is 0.275. The zero-order chi connectivity index (χ0) is 13.0. The fraction of sp³-hybridized carbons (Fsp3) is 0.500. The number of ether oxygens (including phenoxy) is 1. The molecule has 0 aliphatic carbocycles. The number of hydrogen-bond acceptors (Lipinski definition) is 3. The number of sulfonamides is 1. The van der Waals surface area contributed by atoms with Crippen molar-refractivity contribution in [3.8, 4) is 0 Å². The van der Waals surface area contributed by atoms with Gasteiger partial charge in [-0.25, -0.2) is 13.1 Å². The van der Waals surface area contributed by atoms with Gasteiger partial charge in [-0.05, 0) is 47.3 Å². The molecule has 0 unspecified atom stereocenters. The highest BCUT2D eigenvalue weighted by Gasteiger charge is 2.19. The second-order valence-electron chi connectivity index (χ2n) is 4.25. The summed E-state index contributed by atoms with van der Waals surface area (Å²) in [5, 5.41) is 0. The Labute approximate surface area is 116 Å². The molecule has 100 valence electrons. The van der Waals surface area contributed by atoms with Gasteiger partial charge in [-0.1, -0.05) is 12.1 Å². The summed E-state index contributed by atoms with van der Waals surface area (Å²) >= 11 is 3.25. The van der Waals surface area contributed by atoms with Crippen LogP contribution in [0.5, 0.6) is 0 Å². The van der Waals surface area contributed by atoms with Crippen molar-refractivity contribution < 1.29 is 13.2 Å². The lowest BCUT2D eigenvalue weighted by molar-refractivity contribution is 0.105. The van der Waals surface area contributed by atoms with Gasteiger partial charge < -0.3 is 4.74 Å². The Hall–Kier alpha value is -0.430. The van der Waals surface area contributed by atoms with Crippen molar-refractivity contribution in [1.82, 2.24) is 4.72 Å². The Morgan fingerprint density at radius 2 is 2.17 bits per heavy atom. The molecule has 1 fully saturated rings. The Morgan fingerprint density at radius 1 is 1.39 bits per heavy atom. The van der Waals surface area contributed by atoms with E-state index < -0.39 is 10.0 Å². The minimum Gasteiger partial charge on any atom is -0.378 e. The highest BCUT2D eigenvalue weighted by Crippen LogP contribution is 2.21. The largest absolute Gasteiger partial charge is 0.378 e. The zero-order valence-corrected chi connectivity index (χ0v) is 12.3. The lowest BCUT2D eigenvalue weighted by Gasteiger charge is -2.11. The van der Waals surface area contributed by atoms with Crippen LogP contribution in [0.3, 0.4) is 0 Å². The molecule has 6 heteroatoms. The highest BCUT2D eigenvalue weighted by atomic mass is 79.9. The quantitative estimate of drug-likeness (QED) is 0.899. The van der Waals surface area contributed by atoms with Crippen LogP contribution in [0.25, 0.3) is 0 Å². The fourth-order valence-electron chi connectivity index (χ4n) is 1.97. The summed E-state index contributed by atoms with van der Waals surface area (Å²) in [6.45, 7) is 1.20. The summed E-state index contributed by atoms with van der Waals surface area (Å²) in [5.41, 5.74) is 0. The average molecular weight is 334 g/mol. The molecular weight excluding hydrogens is 318 g/mol. The van der Waals surface area contributed by atoms with E-state index in [1.54, 1.807) is 24.3 Å². The van der Waals surface area contributed by atoms with Crippen LogP contribution in [-0.2, 0) is 14.8 Å². The third-order valence-corrected chi connectivity index (χ3v) is 5.38. The molecule has 1 heterocycles. The fourth-order valence-corrected chi connectivity index (χ4v) is 4.02. The minimum atomic E-state index is -3.44. The van der Waals surface area contributed by atoms with Gasteiger partial charge in [-0.15, -0.1) is 0 Å². The molecule has 0 radical (unpaired) electrons.